The minimum absolute atomic E-state index is 0. The first-order valence-corrected chi connectivity index (χ1v) is 43.1. The number of aliphatic hydroxyl groups is 20. The van der Waals surface area contributed by atoms with E-state index in [1.165, 1.54) is 30.5 Å². The number of Topliss-reactive ketones (excluding diaryl/α,β-unsaturated/α-hetero) is 4. The van der Waals surface area contributed by atoms with Gasteiger partial charge in [-0.15, -0.1) is 0 Å². The lowest BCUT2D eigenvalue weighted by atomic mass is 9.88. The van der Waals surface area contributed by atoms with Crippen LogP contribution in [0.1, 0.15) is 139 Å². The number of rotatable bonds is 70. The monoisotopic (exact) mass is 1980 g/mol. The van der Waals surface area contributed by atoms with Gasteiger partial charge in [0.05, 0.1) is 93.3 Å². The minimum atomic E-state index is -2.29. The summed E-state index contributed by atoms with van der Waals surface area (Å²) < 4.78 is 0. The number of hydrogen-bond donors (Lipinski definition) is 36. The van der Waals surface area contributed by atoms with E-state index in [2.05, 4.69) is 80.4 Å². The van der Waals surface area contributed by atoms with Crippen LogP contribution in [0.2, 0.25) is 0 Å². The molecule has 137 heavy (non-hydrogen) atoms. The number of aliphatic hydroxyl groups excluding tert-OH is 20. The molecule has 0 saturated carbocycles. The molecule has 36 N–H and O–H groups in total. The topological polar surface area (TPSA) is 964 Å². The molecule has 24 atom stereocenters. The third-order valence-electron chi connectivity index (χ3n) is 21.5. The van der Waals surface area contributed by atoms with Crippen molar-refractivity contribution in [2.24, 2.45) is 23.7 Å². The number of carbonyl (C=O) groups excluding carboxylic acids is 12. The summed E-state index contributed by atoms with van der Waals surface area (Å²) in [6.45, 7) is -8.26. The van der Waals surface area contributed by atoms with E-state index >= 15 is 14.4 Å². The van der Waals surface area contributed by atoms with Crippen molar-refractivity contribution in [3.63, 3.8) is 0 Å². The summed E-state index contributed by atoms with van der Waals surface area (Å²) in [7, 11) is 0. The van der Waals surface area contributed by atoms with Crippen LogP contribution in [0.25, 0.3) is 11.2 Å². The number of carboxylic acid groups (broad SMARTS) is 4. The Morgan fingerprint density at radius 1 is 0.387 bits per heavy atom. The van der Waals surface area contributed by atoms with E-state index in [1.54, 1.807) is 0 Å². The molecule has 0 spiro atoms. The summed E-state index contributed by atoms with van der Waals surface area (Å²) in [4.78, 5) is 247. The van der Waals surface area contributed by atoms with Crippen molar-refractivity contribution in [1.82, 2.24) is 62.5 Å². The predicted octanol–water partition coefficient (Wildman–Crippen LogP) is -13.7. The highest BCUT2D eigenvalue weighted by atomic mass is 32.1. The second kappa shape index (κ2) is 62.0. The maximum Gasteiger partial charge on any atom is 0.326 e. The Hall–Kier alpha value is -11.1. The Kier molecular flexibility index (Phi) is 55.2. The molecule has 0 saturated heterocycles. The first kappa shape index (κ1) is 122. The molecular formula is C81H126N14O41S. The van der Waals surface area contributed by atoms with E-state index < -0.39 is 419 Å². The van der Waals surface area contributed by atoms with Gasteiger partial charge in [-0.2, -0.15) is 17.6 Å². The van der Waals surface area contributed by atoms with Gasteiger partial charge >= 0.3 is 23.9 Å². The Bertz CT molecular complexity index is 4510. The van der Waals surface area contributed by atoms with Crippen LogP contribution in [-0.2, 0) is 78.5 Å². The Labute approximate surface area is 784 Å². The van der Waals surface area contributed by atoms with Gasteiger partial charge in [-0.3, -0.25) is 81.7 Å². The van der Waals surface area contributed by atoms with Gasteiger partial charge < -0.3 is 176 Å². The van der Waals surface area contributed by atoms with E-state index in [-0.39, 0.29) is 42.3 Å². The summed E-state index contributed by atoms with van der Waals surface area (Å²) in [5, 5.41) is 261. The van der Waals surface area contributed by atoms with Gasteiger partial charge in [0, 0.05) is 132 Å². The number of fused-ring (bicyclic) bond motifs is 1. The molecule has 1 aromatic carbocycles. The number of aromatic nitrogens is 4. The SMILES string of the molecule is C.Nc1nc2ncc(CNc3ccc(C(=O)N[C@@H](CCC(=O)C[C@@H](CCC(=O)NC[C@H](O)[C@@H](O)[C@H](O)[C@H](O)CO)C(=O)N[C@@H](CCC(=O)O)C(=O)C[C@@H](CCC(=O)NC[C@H](O)[C@@H](O)[C@H](O)[C@H](O)CO)C(=O)N[C@@H](CCC(=O)NC[C@H](O)[C@@H](O)[C@H](O)[C@H](O)CO)C(=O)C[C@@H](CCC(=O)O)C(=O)N[C@@H](CCC(=O)NC[C@H](O)[C@@H](O)[C@H](O)[C@H](O)CO)C(=O)C[C@@H](CS)C(=O)O)C(=O)O)cc3)nc2c(=O)[nH]1. The highest BCUT2D eigenvalue weighted by Gasteiger charge is 2.40. The molecule has 2 aromatic heterocycles. The third kappa shape index (κ3) is 42.8. The maximum absolute atomic E-state index is 15.2. The van der Waals surface area contributed by atoms with Crippen LogP contribution in [-0.4, -0.2) is 417 Å². The standard InChI is InChI=1S/C80H122N14O41S.CH4/c81-80-93-72-63(77(131)94-80)88-40(24-87-72)23-82-39-6-1-34(2-7-39)73(127)92-45(79(134)135)9-8-41(99)19-35(3-13-57(111)83-25-49(103)64(119)68(123)53(107)29-95)74(128)91-44(12-18-62(117)118)47(101)20-36(4-14-58(112)84-26-50(104)65(120)69(124)54(108)30-96)75(129)89-42(10-15-59(113)85-27-51(105)66(121)70(125)55(109)31-97)46(100)21-37(5-17-61(115)116)76(130)90-43(48(102)22-38(33-136)78(132)133)11-16-60(114)86-28-52(106)67(122)71(126)56(110)32-98;/h1-2,6-7,24,35-38,42-45,49-56,64-71,82,95-98,103-110,119-126,136H,3-5,8-23,25-33H2,(H,83,111)(H,84,112)(H,85,113)(H,86,114)(H,89,129)(H,90,130)(H,91,128)(H,92,127)(H,115,116)(H,117,118)(H,132,133)(H,134,135)(H3,81,87,93,94,131);1H4/t35-,36-,37-,38+,42+,43+,44+,45+,49+,50+,51+,52+,53-,54-,55-,56-,64-,65-,66-,67-,68-,69-,70-,71-;/m1./s1. The van der Waals surface area contributed by atoms with Crippen LogP contribution in [0.15, 0.2) is 35.3 Å². The summed E-state index contributed by atoms with van der Waals surface area (Å²) in [5.74, 6) is -29.6. The Morgan fingerprint density at radius 3 is 1.05 bits per heavy atom. The molecular weight excluding hydrogens is 1860 g/mol. The lowest BCUT2D eigenvalue weighted by molar-refractivity contribution is -0.143. The zero-order valence-corrected chi connectivity index (χ0v) is 74.0. The molecule has 0 unspecified atom stereocenters. The van der Waals surface area contributed by atoms with Crippen molar-refractivity contribution >= 4 is 130 Å². The molecule has 0 fully saturated rings. The minimum Gasteiger partial charge on any atom is -0.481 e. The van der Waals surface area contributed by atoms with Crippen molar-refractivity contribution < 1.29 is 199 Å². The molecule has 8 amide bonds. The normalized spacial score (nSPS) is 16.8. The maximum atomic E-state index is 15.2. The number of nitrogen functional groups attached to an aromatic ring is 1. The number of H-pyrrole nitrogens is 1. The number of nitrogens with two attached hydrogens (primary N) is 1. The van der Waals surface area contributed by atoms with Gasteiger partial charge in [-0.1, -0.05) is 7.43 Å². The second-order valence-electron chi connectivity index (χ2n) is 32.0. The Balaban J connectivity index is 0.0000635. The van der Waals surface area contributed by atoms with Crippen LogP contribution in [0.5, 0.6) is 0 Å². The summed E-state index contributed by atoms with van der Waals surface area (Å²) >= 11 is 3.95. The van der Waals surface area contributed by atoms with Crippen molar-refractivity contribution in [2.75, 3.05) is 69.4 Å². The van der Waals surface area contributed by atoms with Crippen molar-refractivity contribution in [3.8, 4) is 0 Å². The molecule has 0 bridgehead atoms. The molecule has 2 heterocycles. The number of amides is 8. The number of nitrogens with one attached hydrogen (secondary N) is 10. The van der Waals surface area contributed by atoms with E-state index in [4.69, 9.17) is 10.8 Å². The average molecular weight is 1980 g/mol. The van der Waals surface area contributed by atoms with E-state index in [1.807, 2.05) is 0 Å². The number of aliphatic carboxylic acids is 4. The van der Waals surface area contributed by atoms with Gasteiger partial charge in [-0.05, 0) is 69.2 Å². The van der Waals surface area contributed by atoms with Crippen LogP contribution in [0, 0.1) is 23.7 Å². The summed E-state index contributed by atoms with van der Waals surface area (Å²) in [5.41, 5.74) is 5.29. The van der Waals surface area contributed by atoms with E-state index in [9.17, 15) is 185 Å². The lowest BCUT2D eigenvalue weighted by Gasteiger charge is -2.27. The molecule has 0 aliphatic rings. The number of carboxylic acids is 4. The fraction of sp³-hybridized carbons (Fsp3) is 0.654. The highest BCUT2D eigenvalue weighted by molar-refractivity contribution is 7.80. The van der Waals surface area contributed by atoms with E-state index in [0.29, 0.717) is 5.69 Å². The molecule has 0 aliphatic heterocycles. The average Bonchev–Trinajstić information content (AvgIpc) is 0.802. The van der Waals surface area contributed by atoms with Gasteiger partial charge in [0.2, 0.25) is 47.3 Å². The zero-order chi connectivity index (χ0) is 103. The van der Waals surface area contributed by atoms with Crippen LogP contribution in [0.4, 0.5) is 11.6 Å². The largest absolute Gasteiger partial charge is 0.481 e. The molecule has 55 nitrogen and oxygen atoms in total. The van der Waals surface area contributed by atoms with Gasteiger partial charge in [0.15, 0.2) is 28.5 Å². The fourth-order valence-corrected chi connectivity index (χ4v) is 13.3. The molecule has 56 heteroatoms. The number of ketones is 4. The fourth-order valence-electron chi connectivity index (χ4n) is 13.0. The smallest absolute Gasteiger partial charge is 0.326 e. The number of hydrogen-bond acceptors (Lipinski definition) is 43. The lowest BCUT2D eigenvalue weighted by Crippen LogP contribution is -2.50. The summed E-state index contributed by atoms with van der Waals surface area (Å²) in [6, 6.07) is -2.81. The molecule has 3 aromatic rings. The second-order valence-corrected chi connectivity index (χ2v) is 32.4. The quantitative estimate of drug-likeness (QED) is 0.0233. The predicted molar refractivity (Wildman–Crippen MR) is 468 cm³/mol. The first-order chi connectivity index (χ1) is 63.9. The first-order valence-electron chi connectivity index (χ1n) is 42.5. The summed E-state index contributed by atoms with van der Waals surface area (Å²) in [6.07, 6.45) is -49.9. The van der Waals surface area contributed by atoms with Crippen molar-refractivity contribution in [2.45, 2.75) is 251 Å². The number of carbonyl (C=O) groups is 16. The number of nitrogens with zero attached hydrogens (tertiary/aromatic N) is 3. The number of aromatic amines is 1. The Morgan fingerprint density at radius 2 is 0.708 bits per heavy atom. The van der Waals surface area contributed by atoms with Gasteiger partial charge in [0.1, 0.15) is 85.1 Å². The zero-order valence-electron chi connectivity index (χ0n) is 73.1. The van der Waals surface area contributed by atoms with E-state index in [0.717, 1.165) is 0 Å². The molecule has 772 valence electrons. The number of anilines is 2. The van der Waals surface area contributed by atoms with Crippen LogP contribution < -0.4 is 59.1 Å². The molecule has 3 rings (SSSR count). The van der Waals surface area contributed by atoms with Crippen LogP contribution in [0.3, 0.4) is 0 Å². The number of thiol groups is 1. The molecule has 0 aliphatic carbocycles. The third-order valence-corrected chi connectivity index (χ3v) is 21.9. The van der Waals surface area contributed by atoms with Crippen LogP contribution >= 0.6 is 12.6 Å². The molecule has 0 radical (unpaired) electrons. The van der Waals surface area contributed by atoms with Crippen molar-refractivity contribution in [1.29, 1.82) is 0 Å². The van der Waals surface area contributed by atoms with Gasteiger partial charge in [-0.25, -0.2) is 14.8 Å². The van der Waals surface area contributed by atoms with Crippen molar-refractivity contribution in [3.05, 3.63) is 52.1 Å². The number of benzene rings is 1. The van der Waals surface area contributed by atoms with Gasteiger partial charge in [0.25, 0.3) is 11.5 Å². The highest BCUT2D eigenvalue weighted by Crippen LogP contribution is 2.25.